The Kier molecular flexibility index (Phi) is 14.3. The Bertz CT molecular complexity index is 1970. The highest BCUT2D eigenvalue weighted by molar-refractivity contribution is 5.89. The van der Waals surface area contributed by atoms with E-state index in [1.165, 1.54) is 7.05 Å². The van der Waals surface area contributed by atoms with Crippen LogP contribution in [0.1, 0.15) is 64.2 Å². The average molecular weight is 779 g/mol. The van der Waals surface area contributed by atoms with Crippen LogP contribution in [0.3, 0.4) is 0 Å². The van der Waals surface area contributed by atoms with Gasteiger partial charge in [-0.15, -0.1) is 0 Å². The van der Waals surface area contributed by atoms with Crippen molar-refractivity contribution < 1.29 is 29.4 Å². The number of nitrogens with one attached hydrogen (secondary N) is 2. The van der Waals surface area contributed by atoms with Gasteiger partial charge in [-0.1, -0.05) is 120 Å². The lowest BCUT2D eigenvalue weighted by molar-refractivity contribution is -0.130. The minimum absolute atomic E-state index is 0.0658. The summed E-state index contributed by atoms with van der Waals surface area (Å²) in [5.41, 5.74) is 2.93. The summed E-state index contributed by atoms with van der Waals surface area (Å²) in [6.45, 7) is 10.6. The summed E-state index contributed by atoms with van der Waals surface area (Å²) in [5, 5.41) is 29.1. The van der Waals surface area contributed by atoms with Crippen molar-refractivity contribution >= 4 is 34.8 Å². The SMILES string of the molecule is CCC(C)[C@@H](C(=O)N[C@@H](Cc1ccccc1)[C@@H](O)C[C@H](Cc1ccccc1)NC(=O)[C@@H](N(C)C(=O)O)C(C)(C)C)N1CCN(Cc2ccnc3ccccc23)C1=O. The molecule has 4 N–H and O–H groups in total. The number of urea groups is 1. The molecular weight excluding hydrogens is 721 g/mol. The summed E-state index contributed by atoms with van der Waals surface area (Å²) in [5.74, 6) is -1.01. The van der Waals surface area contributed by atoms with Gasteiger partial charge in [0, 0.05) is 44.3 Å². The maximum Gasteiger partial charge on any atom is 0.407 e. The van der Waals surface area contributed by atoms with Gasteiger partial charge < -0.3 is 30.6 Å². The van der Waals surface area contributed by atoms with E-state index in [9.17, 15) is 29.4 Å². The van der Waals surface area contributed by atoms with Crippen LogP contribution in [0.15, 0.2) is 97.2 Å². The number of aliphatic hydroxyl groups is 1. The number of carbonyl (C=O) groups is 4. The molecule has 0 bridgehead atoms. The number of carbonyl (C=O) groups excluding carboxylic acids is 3. The summed E-state index contributed by atoms with van der Waals surface area (Å²) in [7, 11) is 1.38. The number of rotatable bonds is 17. The van der Waals surface area contributed by atoms with Gasteiger partial charge in [-0.2, -0.15) is 0 Å². The third-order valence-electron chi connectivity index (χ3n) is 11.1. The number of nitrogens with zero attached hydrogens (tertiary/aromatic N) is 4. The predicted octanol–water partition coefficient (Wildman–Crippen LogP) is 6.12. The van der Waals surface area contributed by atoms with Crippen LogP contribution >= 0.6 is 0 Å². The normalized spacial score (nSPS) is 16.4. The van der Waals surface area contributed by atoms with Crippen molar-refractivity contribution in [3.05, 3.63) is 114 Å². The maximum absolute atomic E-state index is 14.5. The quantitative estimate of drug-likeness (QED) is 0.101. The highest BCUT2D eigenvalue weighted by atomic mass is 16.4. The number of hydrogen-bond acceptors (Lipinski definition) is 6. The van der Waals surface area contributed by atoms with Gasteiger partial charge in [0.1, 0.15) is 12.1 Å². The molecule has 1 fully saturated rings. The average Bonchev–Trinajstić information content (AvgIpc) is 3.53. The van der Waals surface area contributed by atoms with Crippen LogP contribution < -0.4 is 10.6 Å². The summed E-state index contributed by atoms with van der Waals surface area (Å²) in [6, 6.07) is 25.5. The van der Waals surface area contributed by atoms with Crippen LogP contribution in [0.5, 0.6) is 0 Å². The molecule has 57 heavy (non-hydrogen) atoms. The molecule has 12 nitrogen and oxygen atoms in total. The number of amides is 5. The molecule has 304 valence electrons. The largest absolute Gasteiger partial charge is 0.465 e. The van der Waals surface area contributed by atoms with Gasteiger partial charge in [-0.3, -0.25) is 19.5 Å². The first-order valence-electron chi connectivity index (χ1n) is 19.9. The molecule has 4 aromatic rings. The number of likely N-dealkylation sites (N-methyl/N-ethyl adjacent to an activating group) is 1. The highest BCUT2D eigenvalue weighted by Crippen LogP contribution is 2.27. The van der Waals surface area contributed by atoms with Gasteiger partial charge >= 0.3 is 12.1 Å². The van der Waals surface area contributed by atoms with E-state index in [0.29, 0.717) is 38.9 Å². The fraction of sp³-hybridized carbons (Fsp3) is 0.444. The van der Waals surface area contributed by atoms with Gasteiger partial charge in [0.25, 0.3) is 0 Å². The van der Waals surface area contributed by atoms with Crippen molar-refractivity contribution in [3.8, 4) is 0 Å². The Morgan fingerprint density at radius 1 is 0.860 bits per heavy atom. The molecule has 1 aromatic heterocycles. The standard InChI is InChI=1S/C45H58N6O6/c1-7-30(2)39(51-25-24-50(43(51)55)29-33-22-23-46-36-21-15-14-20-35(33)36)41(53)48-37(27-32-18-12-9-13-19-32)38(52)28-34(26-31-16-10-8-11-17-31)47-42(54)40(45(3,4)5)49(6)44(56)57/h8-23,30,34,37-40,52H,7,24-29H2,1-6H3,(H,47,54)(H,48,53)(H,56,57)/t30?,34-,37-,38-,39-,40+/m0/s1. The van der Waals surface area contributed by atoms with Gasteiger partial charge in [-0.25, -0.2) is 9.59 Å². The van der Waals surface area contributed by atoms with Crippen molar-refractivity contribution in [2.45, 2.75) is 97.1 Å². The third kappa shape index (κ3) is 10.9. The van der Waals surface area contributed by atoms with Crippen LogP contribution in [0.25, 0.3) is 10.9 Å². The number of aromatic nitrogens is 1. The maximum atomic E-state index is 14.5. The fourth-order valence-electron chi connectivity index (χ4n) is 7.94. The first kappa shape index (κ1) is 42.6. The molecule has 0 spiro atoms. The Hall–Kier alpha value is -5.49. The second kappa shape index (κ2) is 19.1. The van der Waals surface area contributed by atoms with E-state index in [-0.39, 0.29) is 24.3 Å². The van der Waals surface area contributed by atoms with E-state index >= 15 is 0 Å². The van der Waals surface area contributed by atoms with Crippen LogP contribution in [-0.2, 0) is 29.0 Å². The lowest BCUT2D eigenvalue weighted by atomic mass is 9.84. The predicted molar refractivity (Wildman–Crippen MR) is 221 cm³/mol. The van der Waals surface area contributed by atoms with E-state index in [2.05, 4.69) is 15.6 Å². The van der Waals surface area contributed by atoms with Crippen molar-refractivity contribution in [1.82, 2.24) is 30.3 Å². The van der Waals surface area contributed by atoms with Crippen LogP contribution in [0, 0.1) is 11.3 Å². The molecule has 0 saturated carbocycles. The zero-order chi connectivity index (χ0) is 41.3. The molecule has 12 heteroatoms. The van der Waals surface area contributed by atoms with Crippen molar-refractivity contribution in [2.24, 2.45) is 11.3 Å². The van der Waals surface area contributed by atoms with Crippen molar-refractivity contribution in [3.63, 3.8) is 0 Å². The van der Waals surface area contributed by atoms with Crippen LogP contribution in [-0.4, -0.2) is 104 Å². The molecule has 1 unspecified atom stereocenters. The Morgan fingerprint density at radius 3 is 2.09 bits per heavy atom. The van der Waals surface area contributed by atoms with Gasteiger partial charge in [0.15, 0.2) is 0 Å². The number of para-hydroxylation sites is 1. The van der Waals surface area contributed by atoms with Crippen molar-refractivity contribution in [2.75, 3.05) is 20.1 Å². The van der Waals surface area contributed by atoms with E-state index in [1.54, 1.807) is 16.0 Å². The van der Waals surface area contributed by atoms with Gasteiger partial charge in [0.2, 0.25) is 11.8 Å². The fourth-order valence-corrected chi connectivity index (χ4v) is 7.94. The summed E-state index contributed by atoms with van der Waals surface area (Å²) in [4.78, 5) is 63.5. The highest BCUT2D eigenvalue weighted by Gasteiger charge is 2.42. The monoisotopic (exact) mass is 778 g/mol. The lowest BCUT2D eigenvalue weighted by Crippen LogP contribution is -2.58. The molecule has 0 aliphatic carbocycles. The molecular formula is C45H58N6O6. The molecule has 5 rings (SSSR count). The first-order chi connectivity index (χ1) is 27.2. The topological polar surface area (TPSA) is 155 Å². The minimum Gasteiger partial charge on any atom is -0.465 e. The minimum atomic E-state index is -1.23. The van der Waals surface area contributed by atoms with E-state index in [4.69, 9.17) is 0 Å². The van der Waals surface area contributed by atoms with Crippen LogP contribution in [0.4, 0.5) is 9.59 Å². The second-order valence-corrected chi connectivity index (χ2v) is 16.4. The molecule has 6 atom stereocenters. The Morgan fingerprint density at radius 2 is 1.47 bits per heavy atom. The molecule has 1 aliphatic heterocycles. The number of carboxylic acid groups (broad SMARTS) is 1. The molecule has 0 radical (unpaired) electrons. The zero-order valence-corrected chi connectivity index (χ0v) is 34.0. The zero-order valence-electron chi connectivity index (χ0n) is 34.0. The Balaban J connectivity index is 1.39. The summed E-state index contributed by atoms with van der Waals surface area (Å²) < 4.78 is 0. The molecule has 5 amide bonds. The van der Waals surface area contributed by atoms with Crippen LogP contribution in [0.2, 0.25) is 0 Å². The third-order valence-corrected chi connectivity index (χ3v) is 11.1. The smallest absolute Gasteiger partial charge is 0.407 e. The molecule has 2 heterocycles. The molecule has 3 aromatic carbocycles. The first-order valence-corrected chi connectivity index (χ1v) is 19.9. The van der Waals surface area contributed by atoms with Crippen molar-refractivity contribution in [1.29, 1.82) is 0 Å². The van der Waals surface area contributed by atoms with E-state index in [1.807, 2.05) is 126 Å². The lowest BCUT2D eigenvalue weighted by Gasteiger charge is -2.37. The number of fused-ring (bicyclic) bond motifs is 1. The second-order valence-electron chi connectivity index (χ2n) is 16.4. The number of benzene rings is 3. The number of hydrogen-bond donors (Lipinski definition) is 4. The summed E-state index contributed by atoms with van der Waals surface area (Å²) in [6.07, 6.45) is 0.771. The number of pyridine rings is 1. The molecule has 1 saturated heterocycles. The molecule has 1 aliphatic rings. The van der Waals surface area contributed by atoms with Gasteiger partial charge in [0.05, 0.1) is 17.7 Å². The number of aliphatic hydroxyl groups excluding tert-OH is 1. The summed E-state index contributed by atoms with van der Waals surface area (Å²) >= 11 is 0. The Labute approximate surface area is 336 Å². The van der Waals surface area contributed by atoms with Gasteiger partial charge in [-0.05, 0) is 59.4 Å². The van der Waals surface area contributed by atoms with E-state index < -0.39 is 47.7 Å². The van der Waals surface area contributed by atoms with E-state index in [0.717, 1.165) is 32.5 Å².